The minimum absolute atomic E-state index is 0.0229. The molecule has 0 saturated carbocycles. The van der Waals surface area contributed by atoms with Crippen molar-refractivity contribution in [2.75, 3.05) is 6.54 Å². The van der Waals surface area contributed by atoms with E-state index < -0.39 is 0 Å². The molecular weight excluding hydrogens is 318 g/mol. The third-order valence-electron chi connectivity index (χ3n) is 3.29. The summed E-state index contributed by atoms with van der Waals surface area (Å²) in [7, 11) is 0. The van der Waals surface area contributed by atoms with Crippen LogP contribution in [0.5, 0.6) is 0 Å². The normalized spacial score (nSPS) is 10.8. The van der Waals surface area contributed by atoms with E-state index in [1.165, 1.54) is 4.88 Å². The largest absolute Gasteiger partial charge is 0.472 e. The third-order valence-corrected chi connectivity index (χ3v) is 5.05. The van der Waals surface area contributed by atoms with Crippen LogP contribution in [0.2, 0.25) is 0 Å². The lowest BCUT2D eigenvalue weighted by Gasteiger charge is -2.21. The quantitative estimate of drug-likeness (QED) is 0.694. The lowest BCUT2D eigenvalue weighted by molar-refractivity contribution is 0.0749. The molecule has 0 aliphatic heterocycles. The molecule has 3 aromatic rings. The zero-order chi connectivity index (χ0) is 15.4. The maximum absolute atomic E-state index is 12.7. The minimum atomic E-state index is -0.0229. The monoisotopic (exact) mass is 333 g/mol. The Hall–Kier alpha value is -1.99. The van der Waals surface area contributed by atoms with Gasteiger partial charge >= 0.3 is 0 Å². The molecule has 0 N–H and O–H groups in total. The maximum Gasteiger partial charge on any atom is 0.267 e. The molecule has 5 nitrogen and oxygen atoms in total. The van der Waals surface area contributed by atoms with Gasteiger partial charge in [-0.1, -0.05) is 10.6 Å². The molecule has 3 rings (SSSR count). The Bertz CT molecular complexity index is 720. The zero-order valence-electron chi connectivity index (χ0n) is 12.1. The summed E-state index contributed by atoms with van der Waals surface area (Å²) in [6.07, 6.45) is 4.13. The lowest BCUT2D eigenvalue weighted by Crippen LogP contribution is -2.32. The fourth-order valence-electron chi connectivity index (χ4n) is 2.13. The molecule has 0 bridgehead atoms. The summed E-state index contributed by atoms with van der Waals surface area (Å²) in [5, 5.41) is 5.98. The van der Waals surface area contributed by atoms with Crippen molar-refractivity contribution in [2.24, 2.45) is 0 Å². The molecule has 22 heavy (non-hydrogen) atoms. The van der Waals surface area contributed by atoms with Gasteiger partial charge in [0.25, 0.3) is 5.91 Å². The Balaban J connectivity index is 1.75. The third kappa shape index (κ3) is 3.42. The van der Waals surface area contributed by atoms with Gasteiger partial charge in [0.05, 0.1) is 18.2 Å². The van der Waals surface area contributed by atoms with Gasteiger partial charge in [0, 0.05) is 23.5 Å². The molecule has 0 aromatic carbocycles. The fraction of sp³-hybridized carbons (Fsp3) is 0.267. The van der Waals surface area contributed by atoms with Crippen molar-refractivity contribution in [1.29, 1.82) is 0 Å². The number of carbonyl (C=O) groups excluding carboxylic acids is 1. The van der Waals surface area contributed by atoms with Crippen molar-refractivity contribution in [1.82, 2.24) is 14.5 Å². The van der Waals surface area contributed by atoms with Crippen LogP contribution in [0.25, 0.3) is 0 Å². The van der Waals surface area contributed by atoms with Crippen LogP contribution in [0, 0.1) is 6.92 Å². The Labute approximate surface area is 136 Å². The van der Waals surface area contributed by atoms with E-state index in [9.17, 15) is 4.79 Å². The van der Waals surface area contributed by atoms with E-state index in [2.05, 4.69) is 21.0 Å². The van der Waals surface area contributed by atoms with Crippen LogP contribution < -0.4 is 0 Å². The van der Waals surface area contributed by atoms with Crippen LogP contribution in [0.1, 0.15) is 25.8 Å². The fourth-order valence-corrected chi connectivity index (χ4v) is 3.45. The number of hydrogen-bond donors (Lipinski definition) is 0. The molecule has 0 spiro atoms. The molecular formula is C15H15N3O2S2. The zero-order valence-corrected chi connectivity index (χ0v) is 13.7. The standard InChI is InChI=1S/C15H15N3O2S2/c1-11-14(22-17-16-11)15(19)18(9-12-5-7-20-10-12)6-4-13-3-2-8-21-13/h2-3,5,7-8,10H,4,6,9H2,1H3. The molecule has 3 aromatic heterocycles. The lowest BCUT2D eigenvalue weighted by atomic mass is 10.2. The van der Waals surface area contributed by atoms with E-state index in [0.29, 0.717) is 23.7 Å². The van der Waals surface area contributed by atoms with Gasteiger partial charge < -0.3 is 9.32 Å². The molecule has 7 heteroatoms. The molecule has 114 valence electrons. The number of furan rings is 1. The second-order valence-corrected chi connectivity index (χ2v) is 6.66. The first-order chi connectivity index (χ1) is 10.7. The van der Waals surface area contributed by atoms with Crippen LogP contribution in [-0.2, 0) is 13.0 Å². The van der Waals surface area contributed by atoms with E-state index in [1.807, 2.05) is 24.0 Å². The summed E-state index contributed by atoms with van der Waals surface area (Å²) in [6.45, 7) is 2.99. The number of rotatable bonds is 6. The average Bonchev–Trinajstić information content (AvgIpc) is 3.25. The molecule has 0 radical (unpaired) electrons. The predicted octanol–water partition coefficient (Wildman–Crippen LogP) is 3.39. The Morgan fingerprint density at radius 2 is 2.32 bits per heavy atom. The van der Waals surface area contributed by atoms with Gasteiger partial charge in [-0.15, -0.1) is 16.4 Å². The van der Waals surface area contributed by atoms with Crippen LogP contribution in [-0.4, -0.2) is 26.9 Å². The number of aromatic nitrogens is 2. The predicted molar refractivity (Wildman–Crippen MR) is 86.1 cm³/mol. The molecule has 0 fully saturated rings. The molecule has 3 heterocycles. The van der Waals surface area contributed by atoms with Crippen LogP contribution >= 0.6 is 22.9 Å². The second-order valence-electron chi connectivity index (χ2n) is 4.88. The summed E-state index contributed by atoms with van der Waals surface area (Å²) in [4.78, 5) is 16.4. The van der Waals surface area contributed by atoms with E-state index in [-0.39, 0.29) is 5.91 Å². The summed E-state index contributed by atoms with van der Waals surface area (Å²) < 4.78 is 8.96. The highest BCUT2D eigenvalue weighted by Crippen LogP contribution is 2.17. The van der Waals surface area contributed by atoms with Crippen molar-refractivity contribution in [3.63, 3.8) is 0 Å². The van der Waals surface area contributed by atoms with Gasteiger partial charge in [0.15, 0.2) is 0 Å². The van der Waals surface area contributed by atoms with Crippen LogP contribution in [0.4, 0.5) is 0 Å². The van der Waals surface area contributed by atoms with Crippen molar-refractivity contribution < 1.29 is 9.21 Å². The number of carbonyl (C=O) groups is 1. The van der Waals surface area contributed by atoms with Gasteiger partial charge in [-0.05, 0) is 42.4 Å². The van der Waals surface area contributed by atoms with Gasteiger partial charge in [-0.25, -0.2) is 0 Å². The number of hydrogen-bond acceptors (Lipinski definition) is 6. The smallest absolute Gasteiger partial charge is 0.267 e. The maximum atomic E-state index is 12.7. The van der Waals surface area contributed by atoms with Gasteiger partial charge in [0.1, 0.15) is 4.88 Å². The van der Waals surface area contributed by atoms with Crippen LogP contribution in [0.15, 0.2) is 40.5 Å². The van der Waals surface area contributed by atoms with Crippen molar-refractivity contribution >= 4 is 28.8 Å². The molecule has 0 aliphatic carbocycles. The van der Waals surface area contributed by atoms with Gasteiger partial charge in [0.2, 0.25) is 0 Å². The van der Waals surface area contributed by atoms with E-state index >= 15 is 0 Å². The molecule has 0 saturated heterocycles. The topological polar surface area (TPSA) is 59.2 Å². The number of thiophene rings is 1. The molecule has 0 unspecified atom stereocenters. The first-order valence-corrected chi connectivity index (χ1v) is 8.51. The number of amides is 1. The Morgan fingerprint density at radius 1 is 1.41 bits per heavy atom. The number of aryl methyl sites for hydroxylation is 1. The van der Waals surface area contributed by atoms with Crippen molar-refractivity contribution in [2.45, 2.75) is 19.9 Å². The Morgan fingerprint density at radius 3 is 2.95 bits per heavy atom. The van der Waals surface area contributed by atoms with E-state index in [0.717, 1.165) is 23.5 Å². The highest BCUT2D eigenvalue weighted by atomic mass is 32.1. The Kier molecular flexibility index (Phi) is 4.65. The van der Waals surface area contributed by atoms with E-state index in [4.69, 9.17) is 4.42 Å². The van der Waals surface area contributed by atoms with E-state index in [1.54, 1.807) is 23.9 Å². The average molecular weight is 333 g/mol. The van der Waals surface area contributed by atoms with Gasteiger partial charge in [-0.2, -0.15) is 0 Å². The van der Waals surface area contributed by atoms with Crippen LogP contribution in [0.3, 0.4) is 0 Å². The second kappa shape index (κ2) is 6.85. The first-order valence-electron chi connectivity index (χ1n) is 6.85. The summed E-state index contributed by atoms with van der Waals surface area (Å²) in [6, 6.07) is 5.99. The highest BCUT2D eigenvalue weighted by molar-refractivity contribution is 7.09. The summed E-state index contributed by atoms with van der Waals surface area (Å²) in [5.74, 6) is -0.0229. The van der Waals surface area contributed by atoms with Gasteiger partial charge in [-0.3, -0.25) is 4.79 Å². The van der Waals surface area contributed by atoms with Crippen molar-refractivity contribution in [3.8, 4) is 0 Å². The highest BCUT2D eigenvalue weighted by Gasteiger charge is 2.21. The molecule has 1 amide bonds. The summed E-state index contributed by atoms with van der Waals surface area (Å²) in [5.41, 5.74) is 1.66. The minimum Gasteiger partial charge on any atom is -0.472 e. The number of nitrogens with zero attached hydrogens (tertiary/aromatic N) is 3. The van der Waals surface area contributed by atoms with Crippen molar-refractivity contribution in [3.05, 3.63) is 57.1 Å². The first kappa shape index (κ1) is 14.9. The molecule has 0 atom stereocenters. The summed E-state index contributed by atoms with van der Waals surface area (Å²) >= 11 is 2.86. The molecule has 0 aliphatic rings. The SMILES string of the molecule is Cc1nnsc1C(=O)N(CCc1cccs1)Cc1ccoc1.